The molecule has 3 aromatic rings. The molecule has 0 spiro atoms. The van der Waals surface area contributed by atoms with Gasteiger partial charge in [-0.25, -0.2) is 4.98 Å². The fourth-order valence-corrected chi connectivity index (χ4v) is 3.36. The monoisotopic (exact) mass is 414 g/mol. The molecule has 7 nitrogen and oxygen atoms in total. The van der Waals surface area contributed by atoms with E-state index in [4.69, 9.17) is 4.74 Å². The number of anilines is 3. The predicted molar refractivity (Wildman–Crippen MR) is 124 cm³/mol. The molecule has 0 radical (unpaired) electrons. The van der Waals surface area contributed by atoms with Crippen LogP contribution in [0, 0.1) is 0 Å². The molecule has 0 unspecified atom stereocenters. The Bertz CT molecular complexity index is 1060. The number of aromatic nitrogens is 1. The van der Waals surface area contributed by atoms with Gasteiger partial charge >= 0.3 is 0 Å². The van der Waals surface area contributed by atoms with Crippen LogP contribution in [0.5, 0.6) is 0 Å². The van der Waals surface area contributed by atoms with Gasteiger partial charge < -0.3 is 20.3 Å². The fraction of sp³-hybridized carbons (Fsp3) is 0.174. The summed E-state index contributed by atoms with van der Waals surface area (Å²) in [5, 5.41) is 5.61. The average molecular weight is 414 g/mol. The van der Waals surface area contributed by atoms with Gasteiger partial charge in [0.05, 0.1) is 24.5 Å². The molecule has 2 heterocycles. The first kappa shape index (κ1) is 20.6. The van der Waals surface area contributed by atoms with Gasteiger partial charge in [-0.15, -0.1) is 0 Å². The quantitative estimate of drug-likeness (QED) is 0.621. The molecule has 1 aliphatic rings. The molecule has 1 aromatic heterocycles. The molecule has 31 heavy (non-hydrogen) atoms. The van der Waals surface area contributed by atoms with E-state index in [1.54, 1.807) is 48.7 Å². The number of ether oxygens (including phenoxy) is 1. The molecule has 1 saturated heterocycles. The molecular weight excluding hydrogens is 391 g/mol. The van der Waals surface area contributed by atoms with Crippen LogP contribution in [-0.2, 0) is 4.74 Å². The minimum atomic E-state index is -0.338. The van der Waals surface area contributed by atoms with E-state index in [0.717, 1.165) is 24.2 Å². The molecule has 0 atom stereocenters. The molecule has 1 fully saturated rings. The maximum absolute atomic E-state index is 12.8. The van der Waals surface area contributed by atoms with Crippen molar-refractivity contribution in [3.05, 3.63) is 78.0 Å². The topological polar surface area (TPSA) is 83.6 Å². The van der Waals surface area contributed by atoms with E-state index in [1.807, 2.05) is 26.0 Å². The number of carbonyl (C=O) groups excluding carboxylic acids is 2. The number of morpholine rings is 1. The largest absolute Gasteiger partial charge is 0.378 e. The Balaban J connectivity index is 1.46. The van der Waals surface area contributed by atoms with E-state index in [0.29, 0.717) is 35.8 Å². The second-order valence-electron chi connectivity index (χ2n) is 7.32. The Morgan fingerprint density at radius 1 is 0.903 bits per heavy atom. The minimum Gasteiger partial charge on any atom is -0.378 e. The van der Waals surface area contributed by atoms with Gasteiger partial charge in [-0.2, -0.15) is 0 Å². The molecule has 156 valence electrons. The zero-order valence-corrected chi connectivity index (χ0v) is 17.3. The number of hydrogen-bond donors (Lipinski definition) is 2. The van der Waals surface area contributed by atoms with Crippen molar-refractivity contribution >= 4 is 42.3 Å². The number of rotatable bonds is 5. The van der Waals surface area contributed by atoms with Crippen LogP contribution in [0.25, 0.3) is 0 Å². The van der Waals surface area contributed by atoms with Gasteiger partial charge in [-0.3, -0.25) is 9.59 Å². The SMILES string of the molecule is Bc1ccc(NC(=O)c2ccccc2NC(=O)c2ccc(N3CCOCC3)cc2)nc1. The number of nitrogens with one attached hydrogen (secondary N) is 2. The lowest BCUT2D eigenvalue weighted by Crippen LogP contribution is -2.36. The number of hydrogen-bond acceptors (Lipinski definition) is 5. The number of para-hydroxylation sites is 1. The molecule has 2 N–H and O–H groups in total. The summed E-state index contributed by atoms with van der Waals surface area (Å²) in [4.78, 5) is 31.9. The molecule has 0 bridgehead atoms. The maximum Gasteiger partial charge on any atom is 0.258 e. The van der Waals surface area contributed by atoms with Crippen molar-refractivity contribution in [2.45, 2.75) is 0 Å². The summed E-state index contributed by atoms with van der Waals surface area (Å²) in [6, 6.07) is 18.0. The highest BCUT2D eigenvalue weighted by atomic mass is 16.5. The second kappa shape index (κ2) is 9.44. The fourth-order valence-electron chi connectivity index (χ4n) is 3.36. The van der Waals surface area contributed by atoms with Crippen molar-refractivity contribution in [2.75, 3.05) is 41.8 Å². The highest BCUT2D eigenvalue weighted by Gasteiger charge is 2.16. The summed E-state index contributed by atoms with van der Waals surface area (Å²) < 4.78 is 5.38. The van der Waals surface area contributed by atoms with Crippen molar-refractivity contribution in [1.29, 1.82) is 0 Å². The number of carbonyl (C=O) groups is 2. The summed E-state index contributed by atoms with van der Waals surface area (Å²) in [7, 11) is 1.93. The van der Waals surface area contributed by atoms with E-state index in [9.17, 15) is 9.59 Å². The van der Waals surface area contributed by atoms with Gasteiger partial charge in [0.25, 0.3) is 11.8 Å². The van der Waals surface area contributed by atoms with Crippen LogP contribution >= 0.6 is 0 Å². The molecule has 0 saturated carbocycles. The van der Waals surface area contributed by atoms with Crippen molar-refractivity contribution in [3.63, 3.8) is 0 Å². The first-order valence-electron chi connectivity index (χ1n) is 10.2. The Hall–Kier alpha value is -3.65. The summed E-state index contributed by atoms with van der Waals surface area (Å²) in [6.45, 7) is 3.09. The number of pyridine rings is 1. The standard InChI is InChI=1S/C23H23BN4O3/c24-17-7-10-21(25-15-17)27-23(30)19-3-1-2-4-20(19)26-22(29)16-5-8-18(9-6-16)28-11-13-31-14-12-28/h1-10,15H,11-14,24H2,(H,26,29)(H,25,27,30). The molecule has 4 rings (SSSR count). The smallest absolute Gasteiger partial charge is 0.258 e. The lowest BCUT2D eigenvalue weighted by atomic mass is 9.99. The van der Waals surface area contributed by atoms with Crippen LogP contribution in [0.15, 0.2) is 66.9 Å². The zero-order chi connectivity index (χ0) is 21.6. The van der Waals surface area contributed by atoms with E-state index in [2.05, 4.69) is 20.5 Å². The van der Waals surface area contributed by atoms with Crippen LogP contribution in [-0.4, -0.2) is 50.9 Å². The van der Waals surface area contributed by atoms with Gasteiger partial charge in [0.2, 0.25) is 0 Å². The van der Waals surface area contributed by atoms with Crippen molar-refractivity contribution < 1.29 is 14.3 Å². The van der Waals surface area contributed by atoms with Crippen molar-refractivity contribution in [2.24, 2.45) is 0 Å². The predicted octanol–water partition coefficient (Wildman–Crippen LogP) is 1.68. The van der Waals surface area contributed by atoms with Gasteiger partial charge in [0.15, 0.2) is 0 Å². The first-order valence-corrected chi connectivity index (χ1v) is 10.2. The highest BCUT2D eigenvalue weighted by molar-refractivity contribution is 6.32. The number of benzene rings is 2. The number of nitrogens with zero attached hydrogens (tertiary/aromatic N) is 2. The average Bonchev–Trinajstić information content (AvgIpc) is 2.81. The van der Waals surface area contributed by atoms with Crippen LogP contribution in [0.1, 0.15) is 20.7 Å². The third kappa shape index (κ3) is 5.10. The molecular formula is C23H23BN4O3. The van der Waals surface area contributed by atoms with E-state index < -0.39 is 0 Å². The summed E-state index contributed by atoms with van der Waals surface area (Å²) in [5.41, 5.74) is 3.39. The molecule has 8 heteroatoms. The highest BCUT2D eigenvalue weighted by Crippen LogP contribution is 2.20. The Labute approximate surface area is 181 Å². The van der Waals surface area contributed by atoms with Gasteiger partial charge in [-0.1, -0.05) is 23.7 Å². The molecule has 1 aliphatic heterocycles. The lowest BCUT2D eigenvalue weighted by molar-refractivity contribution is 0.102. The van der Waals surface area contributed by atoms with Gasteiger partial charge in [0.1, 0.15) is 13.7 Å². The third-order valence-corrected chi connectivity index (χ3v) is 5.08. The zero-order valence-electron chi connectivity index (χ0n) is 17.3. The van der Waals surface area contributed by atoms with Crippen molar-refractivity contribution in [1.82, 2.24) is 4.98 Å². The van der Waals surface area contributed by atoms with E-state index in [-0.39, 0.29) is 11.8 Å². The summed E-state index contributed by atoms with van der Waals surface area (Å²) >= 11 is 0. The first-order chi connectivity index (χ1) is 15.1. The van der Waals surface area contributed by atoms with Gasteiger partial charge in [-0.05, 0) is 42.5 Å². The third-order valence-electron chi connectivity index (χ3n) is 5.08. The van der Waals surface area contributed by atoms with Crippen LogP contribution in [0.3, 0.4) is 0 Å². The lowest BCUT2D eigenvalue weighted by Gasteiger charge is -2.28. The van der Waals surface area contributed by atoms with Crippen LogP contribution < -0.4 is 21.0 Å². The van der Waals surface area contributed by atoms with Crippen LogP contribution in [0.4, 0.5) is 17.2 Å². The summed E-state index contributed by atoms with van der Waals surface area (Å²) in [5.74, 6) is -0.160. The number of amides is 2. The van der Waals surface area contributed by atoms with Crippen LogP contribution in [0.2, 0.25) is 0 Å². The van der Waals surface area contributed by atoms with Gasteiger partial charge in [0, 0.05) is 30.5 Å². The van der Waals surface area contributed by atoms with Crippen molar-refractivity contribution in [3.8, 4) is 0 Å². The molecule has 0 aliphatic carbocycles. The Morgan fingerprint density at radius 2 is 1.65 bits per heavy atom. The van der Waals surface area contributed by atoms with E-state index >= 15 is 0 Å². The minimum absolute atomic E-state index is 0.276. The maximum atomic E-state index is 12.8. The normalized spacial score (nSPS) is 13.5. The Morgan fingerprint density at radius 3 is 2.35 bits per heavy atom. The Kier molecular flexibility index (Phi) is 6.28. The molecule has 2 amide bonds. The second-order valence-corrected chi connectivity index (χ2v) is 7.32. The van der Waals surface area contributed by atoms with E-state index in [1.165, 1.54) is 0 Å². The molecule has 2 aromatic carbocycles. The summed E-state index contributed by atoms with van der Waals surface area (Å²) in [6.07, 6.45) is 1.68.